The number of aliphatic hydroxyl groups excluding tert-OH is 1. The van der Waals surface area contributed by atoms with E-state index in [-0.39, 0.29) is 5.91 Å². The predicted molar refractivity (Wildman–Crippen MR) is 83.8 cm³/mol. The molecule has 0 bridgehead atoms. The van der Waals surface area contributed by atoms with Crippen LogP contribution in [0.3, 0.4) is 0 Å². The normalized spacial score (nSPS) is 21.4. The van der Waals surface area contributed by atoms with Crippen molar-refractivity contribution < 1.29 is 23.8 Å². The Balaban J connectivity index is 1.94. The number of hydrogen-bond acceptors (Lipinski definition) is 4. The number of ether oxygens (including phenoxy) is 1. The van der Waals surface area contributed by atoms with Crippen molar-refractivity contribution in [3.8, 4) is 0 Å². The molecule has 1 aromatic carbocycles. The van der Waals surface area contributed by atoms with E-state index in [0.717, 1.165) is 5.56 Å². The number of nitrogens with zero attached hydrogens (tertiary/aromatic N) is 2. The summed E-state index contributed by atoms with van der Waals surface area (Å²) in [5, 5.41) is 9.62. The van der Waals surface area contributed by atoms with E-state index in [2.05, 4.69) is 0 Å². The molecule has 1 aromatic rings. The van der Waals surface area contributed by atoms with Gasteiger partial charge < -0.3 is 14.7 Å². The van der Waals surface area contributed by atoms with Crippen LogP contribution >= 0.6 is 0 Å². The minimum Gasteiger partial charge on any atom is -0.453 e. The molecule has 2 aliphatic rings. The SMILES string of the molecule is COC(=O)N1CCc2ccc(F)cc2[C@H]1C(=O)N1CCC(O)CC1. The molecule has 130 valence electrons. The summed E-state index contributed by atoms with van der Waals surface area (Å²) in [7, 11) is 1.27. The van der Waals surface area contributed by atoms with Gasteiger partial charge in [0.05, 0.1) is 13.2 Å². The number of carbonyl (C=O) groups is 2. The van der Waals surface area contributed by atoms with Crippen LogP contribution in [-0.4, -0.2) is 59.8 Å². The number of benzene rings is 1. The number of piperidine rings is 1. The van der Waals surface area contributed by atoms with Gasteiger partial charge in [-0.3, -0.25) is 9.69 Å². The molecule has 2 aliphatic heterocycles. The highest BCUT2D eigenvalue weighted by Gasteiger charge is 2.39. The molecule has 0 unspecified atom stereocenters. The molecule has 1 atom stereocenters. The van der Waals surface area contributed by atoms with Crippen molar-refractivity contribution in [2.75, 3.05) is 26.7 Å². The summed E-state index contributed by atoms with van der Waals surface area (Å²) in [6, 6.07) is 3.48. The fourth-order valence-corrected chi connectivity index (χ4v) is 3.43. The first-order valence-corrected chi connectivity index (χ1v) is 8.11. The molecule has 0 spiro atoms. The Kier molecular flexibility index (Phi) is 4.71. The van der Waals surface area contributed by atoms with Crippen molar-refractivity contribution in [1.29, 1.82) is 0 Å². The van der Waals surface area contributed by atoms with Gasteiger partial charge in [-0.15, -0.1) is 0 Å². The van der Waals surface area contributed by atoms with E-state index in [4.69, 9.17) is 4.74 Å². The molecule has 2 heterocycles. The molecular weight excluding hydrogens is 315 g/mol. The van der Waals surface area contributed by atoms with E-state index in [1.54, 1.807) is 11.0 Å². The molecule has 0 saturated carbocycles. The van der Waals surface area contributed by atoms with Crippen LogP contribution in [0.15, 0.2) is 18.2 Å². The van der Waals surface area contributed by atoms with Crippen LogP contribution in [0, 0.1) is 5.82 Å². The quantitative estimate of drug-likeness (QED) is 0.843. The fraction of sp³-hybridized carbons (Fsp3) is 0.529. The van der Waals surface area contributed by atoms with E-state index >= 15 is 0 Å². The van der Waals surface area contributed by atoms with Crippen LogP contribution in [0.5, 0.6) is 0 Å². The zero-order chi connectivity index (χ0) is 17.3. The summed E-state index contributed by atoms with van der Waals surface area (Å²) >= 11 is 0. The summed E-state index contributed by atoms with van der Waals surface area (Å²) in [5.74, 6) is -0.689. The lowest BCUT2D eigenvalue weighted by Crippen LogP contribution is -2.50. The molecule has 6 nitrogen and oxygen atoms in total. The fourth-order valence-electron chi connectivity index (χ4n) is 3.43. The summed E-state index contributed by atoms with van der Waals surface area (Å²) in [4.78, 5) is 28.1. The smallest absolute Gasteiger partial charge is 0.410 e. The number of hydrogen-bond donors (Lipinski definition) is 1. The Morgan fingerprint density at radius 3 is 2.62 bits per heavy atom. The van der Waals surface area contributed by atoms with Gasteiger partial charge in [0.2, 0.25) is 5.91 Å². The lowest BCUT2D eigenvalue weighted by molar-refractivity contribution is -0.139. The second kappa shape index (κ2) is 6.76. The van der Waals surface area contributed by atoms with Crippen LogP contribution in [0.4, 0.5) is 9.18 Å². The van der Waals surface area contributed by atoms with Gasteiger partial charge >= 0.3 is 6.09 Å². The third-order valence-electron chi connectivity index (χ3n) is 4.76. The van der Waals surface area contributed by atoms with Crippen LogP contribution in [0.2, 0.25) is 0 Å². The van der Waals surface area contributed by atoms with Crippen LogP contribution in [-0.2, 0) is 16.0 Å². The van der Waals surface area contributed by atoms with Crippen LogP contribution in [0.1, 0.15) is 30.0 Å². The lowest BCUT2D eigenvalue weighted by atomic mass is 9.91. The highest BCUT2D eigenvalue weighted by atomic mass is 19.1. The van der Waals surface area contributed by atoms with E-state index in [1.807, 2.05) is 0 Å². The Bertz CT molecular complexity index is 643. The first-order valence-electron chi connectivity index (χ1n) is 8.11. The minimum atomic E-state index is -0.882. The molecule has 2 amide bonds. The van der Waals surface area contributed by atoms with E-state index in [0.29, 0.717) is 44.5 Å². The largest absolute Gasteiger partial charge is 0.453 e. The average molecular weight is 336 g/mol. The van der Waals surface area contributed by atoms with Gasteiger partial charge in [-0.2, -0.15) is 0 Å². The highest BCUT2D eigenvalue weighted by Crippen LogP contribution is 2.33. The number of fused-ring (bicyclic) bond motifs is 1. The van der Waals surface area contributed by atoms with Gasteiger partial charge in [-0.1, -0.05) is 6.07 Å². The number of aliphatic hydroxyl groups is 1. The first-order chi connectivity index (χ1) is 11.5. The number of rotatable bonds is 1. The van der Waals surface area contributed by atoms with Gasteiger partial charge in [0.15, 0.2) is 0 Å². The molecule has 1 N–H and O–H groups in total. The maximum atomic E-state index is 13.7. The van der Waals surface area contributed by atoms with Crippen molar-refractivity contribution in [1.82, 2.24) is 9.80 Å². The molecule has 1 saturated heterocycles. The summed E-state index contributed by atoms with van der Waals surface area (Å²) < 4.78 is 18.5. The van der Waals surface area contributed by atoms with Gasteiger partial charge in [0.25, 0.3) is 0 Å². The van der Waals surface area contributed by atoms with Gasteiger partial charge in [-0.05, 0) is 42.5 Å². The zero-order valence-electron chi connectivity index (χ0n) is 13.6. The van der Waals surface area contributed by atoms with Gasteiger partial charge in [-0.25, -0.2) is 9.18 Å². The first kappa shape index (κ1) is 16.7. The molecule has 1 fully saturated rings. The molecule has 0 aromatic heterocycles. The highest BCUT2D eigenvalue weighted by molar-refractivity contribution is 5.88. The molecule has 3 rings (SSSR count). The van der Waals surface area contributed by atoms with Crippen LogP contribution in [0.25, 0.3) is 0 Å². The number of methoxy groups -OCH3 is 1. The van der Waals surface area contributed by atoms with Crippen molar-refractivity contribution in [2.45, 2.75) is 31.4 Å². The van der Waals surface area contributed by atoms with Crippen LogP contribution < -0.4 is 0 Å². The summed E-state index contributed by atoms with van der Waals surface area (Å²) in [5.41, 5.74) is 1.38. The standard InChI is InChI=1S/C17H21FN2O4/c1-24-17(23)20-9-4-11-2-3-12(18)10-14(11)15(20)16(22)19-7-5-13(21)6-8-19/h2-3,10,13,15,21H,4-9H2,1H3/t15-/m0/s1. The lowest BCUT2D eigenvalue weighted by Gasteiger charge is -2.39. The monoisotopic (exact) mass is 336 g/mol. The second-order valence-electron chi connectivity index (χ2n) is 6.22. The number of carbonyl (C=O) groups excluding carboxylic acids is 2. The summed E-state index contributed by atoms with van der Waals surface area (Å²) in [6.45, 7) is 1.20. The number of likely N-dealkylation sites (tertiary alicyclic amines) is 1. The molecule has 24 heavy (non-hydrogen) atoms. The number of halogens is 1. The van der Waals surface area contributed by atoms with E-state index in [9.17, 15) is 19.1 Å². The molecule has 0 aliphatic carbocycles. The van der Waals surface area contributed by atoms with Crippen molar-refractivity contribution in [3.05, 3.63) is 35.1 Å². The Morgan fingerprint density at radius 1 is 1.25 bits per heavy atom. The van der Waals surface area contributed by atoms with Gasteiger partial charge in [0.1, 0.15) is 11.9 Å². The minimum absolute atomic E-state index is 0.251. The summed E-state index contributed by atoms with van der Waals surface area (Å²) in [6.07, 6.45) is 0.564. The van der Waals surface area contributed by atoms with Gasteiger partial charge in [0, 0.05) is 19.6 Å². The Hall–Kier alpha value is -2.15. The van der Waals surface area contributed by atoms with Crippen molar-refractivity contribution in [3.63, 3.8) is 0 Å². The Labute approximate surface area is 139 Å². The molecular formula is C17H21FN2O4. The zero-order valence-corrected chi connectivity index (χ0v) is 13.6. The average Bonchev–Trinajstić information content (AvgIpc) is 2.60. The molecule has 0 radical (unpaired) electrons. The topological polar surface area (TPSA) is 70.1 Å². The van der Waals surface area contributed by atoms with Crippen molar-refractivity contribution in [2.24, 2.45) is 0 Å². The Morgan fingerprint density at radius 2 is 1.96 bits per heavy atom. The predicted octanol–water partition coefficient (Wildman–Crippen LogP) is 1.47. The number of amides is 2. The maximum Gasteiger partial charge on any atom is 0.410 e. The maximum absolute atomic E-state index is 13.7. The molecule has 7 heteroatoms. The van der Waals surface area contributed by atoms with E-state index < -0.39 is 24.1 Å². The van der Waals surface area contributed by atoms with E-state index in [1.165, 1.54) is 24.1 Å². The second-order valence-corrected chi connectivity index (χ2v) is 6.22. The van der Waals surface area contributed by atoms with Crippen molar-refractivity contribution >= 4 is 12.0 Å². The third-order valence-corrected chi connectivity index (χ3v) is 4.76. The third kappa shape index (κ3) is 3.08.